The van der Waals surface area contributed by atoms with Gasteiger partial charge in [0.15, 0.2) is 0 Å². The molecule has 0 spiro atoms. The molecular formula is C16H18N4O. The average Bonchev–Trinajstić information content (AvgIpc) is 3.03. The maximum absolute atomic E-state index is 12.0. The van der Waals surface area contributed by atoms with E-state index in [0.717, 1.165) is 18.5 Å². The minimum absolute atomic E-state index is 0.202. The number of hydrogen-bond donors (Lipinski definition) is 1. The van der Waals surface area contributed by atoms with Crippen LogP contribution in [0.1, 0.15) is 12.0 Å². The van der Waals surface area contributed by atoms with Gasteiger partial charge in [-0.25, -0.2) is 4.98 Å². The van der Waals surface area contributed by atoms with E-state index in [1.54, 1.807) is 12.5 Å². The molecule has 2 rings (SSSR count). The molecule has 0 saturated carbocycles. The zero-order chi connectivity index (χ0) is 14.9. The van der Waals surface area contributed by atoms with E-state index in [9.17, 15) is 4.79 Å². The lowest BCUT2D eigenvalue weighted by atomic mass is 10.00. The van der Waals surface area contributed by atoms with E-state index in [2.05, 4.69) is 16.4 Å². The monoisotopic (exact) mass is 282 g/mol. The van der Waals surface area contributed by atoms with Crippen molar-refractivity contribution in [1.29, 1.82) is 5.26 Å². The maximum atomic E-state index is 12.0. The van der Waals surface area contributed by atoms with Crippen LogP contribution in [0, 0.1) is 17.2 Å². The van der Waals surface area contributed by atoms with Crippen LogP contribution in [0.2, 0.25) is 0 Å². The molecule has 5 nitrogen and oxygen atoms in total. The summed E-state index contributed by atoms with van der Waals surface area (Å²) in [6, 6.07) is 11.7. The SMILES string of the molecule is N#CC(Cc1ccccc1)C(=O)NCCCn1ccnc1. The number of aryl methyl sites for hydroxylation is 1. The molecule has 1 N–H and O–H groups in total. The van der Waals surface area contributed by atoms with Crippen LogP contribution in [-0.4, -0.2) is 22.0 Å². The lowest BCUT2D eigenvalue weighted by Gasteiger charge is -2.10. The van der Waals surface area contributed by atoms with Crippen molar-refractivity contribution in [3.63, 3.8) is 0 Å². The van der Waals surface area contributed by atoms with Crippen LogP contribution in [-0.2, 0) is 17.8 Å². The molecule has 0 saturated heterocycles. The molecule has 1 aromatic heterocycles. The standard InChI is InChI=1S/C16H18N4O/c17-12-15(11-14-5-2-1-3-6-14)16(21)19-7-4-9-20-10-8-18-13-20/h1-3,5-6,8,10,13,15H,4,7,9,11H2,(H,19,21). The number of amides is 1. The van der Waals surface area contributed by atoms with E-state index in [1.165, 1.54) is 0 Å². The van der Waals surface area contributed by atoms with Gasteiger partial charge in [-0.3, -0.25) is 4.79 Å². The lowest BCUT2D eigenvalue weighted by molar-refractivity contribution is -0.123. The normalized spacial score (nSPS) is 11.6. The topological polar surface area (TPSA) is 70.7 Å². The molecule has 21 heavy (non-hydrogen) atoms. The van der Waals surface area contributed by atoms with Crippen LogP contribution in [0.3, 0.4) is 0 Å². The number of benzene rings is 1. The third kappa shape index (κ3) is 4.77. The molecule has 1 heterocycles. The highest BCUT2D eigenvalue weighted by Crippen LogP contribution is 2.08. The first kappa shape index (κ1) is 14.8. The zero-order valence-corrected chi connectivity index (χ0v) is 11.8. The summed E-state index contributed by atoms with van der Waals surface area (Å²) in [4.78, 5) is 15.9. The number of nitrogens with zero attached hydrogens (tertiary/aromatic N) is 3. The molecule has 108 valence electrons. The van der Waals surface area contributed by atoms with Crippen LogP contribution in [0.15, 0.2) is 49.1 Å². The van der Waals surface area contributed by atoms with Gasteiger partial charge in [0.2, 0.25) is 5.91 Å². The van der Waals surface area contributed by atoms with Gasteiger partial charge in [0, 0.05) is 25.5 Å². The number of hydrogen-bond acceptors (Lipinski definition) is 3. The van der Waals surface area contributed by atoms with Crippen molar-refractivity contribution >= 4 is 5.91 Å². The third-order valence-electron chi connectivity index (χ3n) is 3.21. The molecule has 2 aromatic rings. The van der Waals surface area contributed by atoms with Crippen molar-refractivity contribution in [1.82, 2.24) is 14.9 Å². The second-order valence-electron chi connectivity index (χ2n) is 4.82. The minimum Gasteiger partial charge on any atom is -0.355 e. The van der Waals surface area contributed by atoms with Gasteiger partial charge >= 0.3 is 0 Å². The largest absolute Gasteiger partial charge is 0.355 e. The molecule has 0 aliphatic rings. The van der Waals surface area contributed by atoms with Gasteiger partial charge in [0.25, 0.3) is 0 Å². The van der Waals surface area contributed by atoms with Gasteiger partial charge in [0.1, 0.15) is 5.92 Å². The number of nitrogens with one attached hydrogen (secondary N) is 1. The summed E-state index contributed by atoms with van der Waals surface area (Å²) in [5.41, 5.74) is 0.998. The van der Waals surface area contributed by atoms with Gasteiger partial charge < -0.3 is 9.88 Å². The molecule has 5 heteroatoms. The number of aromatic nitrogens is 2. The van der Waals surface area contributed by atoms with Gasteiger partial charge in [-0.2, -0.15) is 5.26 Å². The van der Waals surface area contributed by atoms with Crippen LogP contribution < -0.4 is 5.32 Å². The smallest absolute Gasteiger partial charge is 0.237 e. The predicted octanol–water partition coefficient (Wildman–Crippen LogP) is 1.77. The summed E-state index contributed by atoms with van der Waals surface area (Å²) < 4.78 is 1.96. The number of carbonyl (C=O) groups is 1. The zero-order valence-electron chi connectivity index (χ0n) is 11.8. The highest BCUT2D eigenvalue weighted by molar-refractivity contribution is 5.81. The second-order valence-corrected chi connectivity index (χ2v) is 4.82. The summed E-state index contributed by atoms with van der Waals surface area (Å²) in [7, 11) is 0. The second kappa shape index (κ2) is 7.85. The first-order valence-corrected chi connectivity index (χ1v) is 6.96. The fourth-order valence-corrected chi connectivity index (χ4v) is 2.06. The van der Waals surface area contributed by atoms with Crippen LogP contribution >= 0.6 is 0 Å². The summed E-state index contributed by atoms with van der Waals surface area (Å²) >= 11 is 0. The van der Waals surface area contributed by atoms with Crippen LogP contribution in [0.4, 0.5) is 0 Å². The molecule has 0 fully saturated rings. The van der Waals surface area contributed by atoms with E-state index in [4.69, 9.17) is 5.26 Å². The summed E-state index contributed by atoms with van der Waals surface area (Å²) in [6.07, 6.45) is 6.62. The molecule has 1 amide bonds. The Balaban J connectivity index is 1.74. The van der Waals surface area contributed by atoms with Crippen LogP contribution in [0.5, 0.6) is 0 Å². The maximum Gasteiger partial charge on any atom is 0.237 e. The van der Waals surface area contributed by atoms with Gasteiger partial charge in [0.05, 0.1) is 12.4 Å². The minimum atomic E-state index is -0.638. The fraction of sp³-hybridized carbons (Fsp3) is 0.312. The Labute approximate surface area is 124 Å². The van der Waals surface area contributed by atoms with Crippen molar-refractivity contribution in [2.75, 3.05) is 6.54 Å². The average molecular weight is 282 g/mol. The third-order valence-corrected chi connectivity index (χ3v) is 3.21. The molecule has 0 radical (unpaired) electrons. The van der Waals surface area contributed by atoms with Crippen molar-refractivity contribution in [3.8, 4) is 6.07 Å². The van der Waals surface area contributed by atoms with E-state index < -0.39 is 5.92 Å². The van der Waals surface area contributed by atoms with Crippen molar-refractivity contribution in [3.05, 3.63) is 54.6 Å². The first-order valence-electron chi connectivity index (χ1n) is 6.96. The summed E-state index contributed by atoms with van der Waals surface area (Å²) in [6.45, 7) is 1.36. The summed E-state index contributed by atoms with van der Waals surface area (Å²) in [5, 5.41) is 12.0. The number of rotatable bonds is 7. The Hall–Kier alpha value is -2.61. The molecule has 1 atom stereocenters. The lowest BCUT2D eigenvalue weighted by Crippen LogP contribution is -2.32. The number of imidazole rings is 1. The molecule has 0 aliphatic carbocycles. The molecular weight excluding hydrogens is 264 g/mol. The first-order chi connectivity index (χ1) is 10.3. The molecule has 0 aliphatic heterocycles. The van der Waals surface area contributed by atoms with Crippen molar-refractivity contribution < 1.29 is 4.79 Å². The summed E-state index contributed by atoms with van der Waals surface area (Å²) in [5.74, 6) is -0.840. The molecule has 1 aromatic carbocycles. The Morgan fingerprint density at radius 2 is 2.19 bits per heavy atom. The predicted molar refractivity (Wildman–Crippen MR) is 79.1 cm³/mol. The van der Waals surface area contributed by atoms with Gasteiger partial charge in [-0.1, -0.05) is 30.3 Å². The van der Waals surface area contributed by atoms with E-state index >= 15 is 0 Å². The highest BCUT2D eigenvalue weighted by Gasteiger charge is 2.17. The van der Waals surface area contributed by atoms with E-state index in [-0.39, 0.29) is 5.91 Å². The molecule has 1 unspecified atom stereocenters. The molecule has 0 bridgehead atoms. The van der Waals surface area contributed by atoms with Crippen molar-refractivity contribution in [2.24, 2.45) is 5.92 Å². The van der Waals surface area contributed by atoms with E-state index in [0.29, 0.717) is 13.0 Å². The van der Waals surface area contributed by atoms with Gasteiger partial charge in [-0.05, 0) is 18.4 Å². The van der Waals surface area contributed by atoms with Gasteiger partial charge in [-0.15, -0.1) is 0 Å². The fourth-order valence-electron chi connectivity index (χ4n) is 2.06. The van der Waals surface area contributed by atoms with E-state index in [1.807, 2.05) is 41.1 Å². The van der Waals surface area contributed by atoms with Crippen molar-refractivity contribution in [2.45, 2.75) is 19.4 Å². The Morgan fingerprint density at radius 3 is 2.86 bits per heavy atom. The Kier molecular flexibility index (Phi) is 5.53. The number of nitriles is 1. The van der Waals surface area contributed by atoms with Crippen LogP contribution in [0.25, 0.3) is 0 Å². The quantitative estimate of drug-likeness (QED) is 0.787. The highest BCUT2D eigenvalue weighted by atomic mass is 16.1. The number of carbonyl (C=O) groups excluding carboxylic acids is 1. The Morgan fingerprint density at radius 1 is 1.38 bits per heavy atom. The Bertz CT molecular complexity index is 586.